The summed E-state index contributed by atoms with van der Waals surface area (Å²) in [6.45, 7) is 6.62. The van der Waals surface area contributed by atoms with Crippen molar-refractivity contribution in [3.05, 3.63) is 0 Å². The second-order valence-electron chi connectivity index (χ2n) is 3.64. The predicted molar refractivity (Wildman–Crippen MR) is 66.5 cm³/mol. The normalized spacial score (nSPS) is 12.6. The van der Waals surface area contributed by atoms with E-state index in [1.807, 2.05) is 11.8 Å². The highest BCUT2D eigenvalue weighted by atomic mass is 32.2. The van der Waals surface area contributed by atoms with Crippen molar-refractivity contribution in [2.75, 3.05) is 18.1 Å². The van der Waals surface area contributed by atoms with E-state index in [9.17, 15) is 0 Å². The van der Waals surface area contributed by atoms with Crippen LogP contribution < -0.4 is 0 Å². The van der Waals surface area contributed by atoms with Crippen molar-refractivity contribution < 1.29 is 5.11 Å². The molecule has 0 amide bonds. The molecule has 0 heterocycles. The number of nitrogens with zero attached hydrogens (tertiary/aromatic N) is 1. The Hall–Kier alpha value is -0.0200. The quantitative estimate of drug-likeness (QED) is 0.501. The molecule has 1 atom stereocenters. The van der Waals surface area contributed by atoms with Gasteiger partial charge >= 0.3 is 0 Å². The van der Waals surface area contributed by atoms with E-state index in [1.54, 1.807) is 0 Å². The highest BCUT2D eigenvalue weighted by Crippen LogP contribution is 2.11. The fraction of sp³-hybridized carbons (Fsp3) is 0.909. The minimum Gasteiger partial charge on any atom is -0.396 e. The van der Waals surface area contributed by atoms with Gasteiger partial charge in [0.2, 0.25) is 0 Å². The summed E-state index contributed by atoms with van der Waals surface area (Å²) in [5, 5.41) is 8.61. The van der Waals surface area contributed by atoms with Gasteiger partial charge in [0.05, 0.1) is 6.04 Å². The summed E-state index contributed by atoms with van der Waals surface area (Å²) in [4.78, 5) is 4.56. The Labute approximate surface area is 92.2 Å². The van der Waals surface area contributed by atoms with Crippen LogP contribution in [0.2, 0.25) is 0 Å². The van der Waals surface area contributed by atoms with Crippen LogP contribution in [0.3, 0.4) is 0 Å². The van der Waals surface area contributed by atoms with Crippen LogP contribution in [0.1, 0.15) is 40.0 Å². The lowest BCUT2D eigenvalue weighted by atomic mass is 10.3. The zero-order valence-electron chi connectivity index (χ0n) is 9.62. The van der Waals surface area contributed by atoms with Crippen molar-refractivity contribution in [1.29, 1.82) is 0 Å². The average Bonchev–Trinajstić information content (AvgIpc) is 2.15. The van der Waals surface area contributed by atoms with Gasteiger partial charge in [-0.15, -0.1) is 0 Å². The van der Waals surface area contributed by atoms with E-state index in [1.165, 1.54) is 5.71 Å². The van der Waals surface area contributed by atoms with E-state index in [0.29, 0.717) is 12.6 Å². The lowest BCUT2D eigenvalue weighted by Crippen LogP contribution is -2.08. The van der Waals surface area contributed by atoms with Crippen LogP contribution in [0.15, 0.2) is 4.99 Å². The molecule has 3 heteroatoms. The highest BCUT2D eigenvalue weighted by molar-refractivity contribution is 7.99. The van der Waals surface area contributed by atoms with E-state index >= 15 is 0 Å². The lowest BCUT2D eigenvalue weighted by molar-refractivity contribution is 0.287. The molecule has 84 valence electrons. The minimum atomic E-state index is 0.323. The van der Waals surface area contributed by atoms with Crippen molar-refractivity contribution in [2.24, 2.45) is 4.99 Å². The largest absolute Gasteiger partial charge is 0.396 e. The summed E-state index contributed by atoms with van der Waals surface area (Å²) < 4.78 is 0. The molecule has 0 aliphatic rings. The molecule has 0 saturated carbocycles. The standard InChI is InChI=1S/C11H23NOS/c1-4-11(12-10(2)3)9-14-8-6-5-7-13/h11,13H,4-9H2,1-3H3. The third kappa shape index (κ3) is 8.57. The smallest absolute Gasteiger partial charge is 0.0586 e. The molecule has 1 N–H and O–H groups in total. The Bertz CT molecular complexity index is 155. The van der Waals surface area contributed by atoms with Gasteiger partial charge < -0.3 is 5.11 Å². The first kappa shape index (κ1) is 14.0. The molecule has 0 aromatic rings. The summed E-state index contributed by atoms with van der Waals surface area (Å²) in [5.74, 6) is 2.27. The van der Waals surface area contributed by atoms with Crippen LogP contribution in [0.5, 0.6) is 0 Å². The summed E-state index contributed by atoms with van der Waals surface area (Å²) in [5.41, 5.74) is 1.17. The maximum Gasteiger partial charge on any atom is 0.0586 e. The van der Waals surface area contributed by atoms with Gasteiger partial charge in [-0.05, 0) is 38.9 Å². The van der Waals surface area contributed by atoms with Gasteiger partial charge in [0.25, 0.3) is 0 Å². The Kier molecular flexibility index (Phi) is 9.52. The number of aliphatic hydroxyl groups excluding tert-OH is 1. The number of thioether (sulfide) groups is 1. The van der Waals surface area contributed by atoms with Gasteiger partial charge in [-0.3, -0.25) is 4.99 Å². The second-order valence-corrected chi connectivity index (χ2v) is 4.79. The topological polar surface area (TPSA) is 32.6 Å². The molecule has 0 aliphatic carbocycles. The Morgan fingerprint density at radius 2 is 2.07 bits per heavy atom. The average molecular weight is 217 g/mol. The maximum absolute atomic E-state index is 8.61. The Morgan fingerprint density at radius 3 is 2.57 bits per heavy atom. The van der Waals surface area contributed by atoms with Crippen LogP contribution in [0.4, 0.5) is 0 Å². The molecule has 0 radical (unpaired) electrons. The lowest BCUT2D eigenvalue weighted by Gasteiger charge is -2.09. The van der Waals surface area contributed by atoms with E-state index in [-0.39, 0.29) is 0 Å². The third-order valence-corrected chi connectivity index (χ3v) is 3.12. The van der Waals surface area contributed by atoms with Crippen molar-refractivity contribution in [1.82, 2.24) is 0 Å². The summed E-state index contributed by atoms with van der Waals surface area (Å²) in [6, 6.07) is 0.485. The first-order valence-corrected chi connectivity index (χ1v) is 6.55. The molecule has 0 aliphatic heterocycles. The Balaban J connectivity index is 3.48. The number of hydrogen-bond donors (Lipinski definition) is 1. The molecule has 0 bridgehead atoms. The van der Waals surface area contributed by atoms with Gasteiger partial charge in [-0.1, -0.05) is 6.92 Å². The number of rotatable bonds is 8. The summed E-state index contributed by atoms with van der Waals surface area (Å²) in [7, 11) is 0. The highest BCUT2D eigenvalue weighted by Gasteiger charge is 2.03. The first-order chi connectivity index (χ1) is 6.70. The first-order valence-electron chi connectivity index (χ1n) is 5.40. The third-order valence-electron chi connectivity index (χ3n) is 1.92. The maximum atomic E-state index is 8.61. The van der Waals surface area contributed by atoms with Gasteiger partial charge in [0.15, 0.2) is 0 Å². The van der Waals surface area contributed by atoms with E-state index in [2.05, 4.69) is 25.8 Å². The van der Waals surface area contributed by atoms with E-state index < -0.39 is 0 Å². The van der Waals surface area contributed by atoms with Crippen molar-refractivity contribution >= 4 is 17.5 Å². The van der Waals surface area contributed by atoms with Crippen LogP contribution in [-0.2, 0) is 0 Å². The SMILES string of the molecule is CCC(CSCCCCO)N=C(C)C. The molecule has 0 aromatic carbocycles. The molecule has 0 saturated heterocycles. The van der Waals surface area contributed by atoms with Crippen molar-refractivity contribution in [3.8, 4) is 0 Å². The minimum absolute atomic E-state index is 0.323. The molecular weight excluding hydrogens is 194 g/mol. The van der Waals surface area contributed by atoms with Gasteiger partial charge in [0.1, 0.15) is 0 Å². The van der Waals surface area contributed by atoms with Crippen LogP contribution >= 0.6 is 11.8 Å². The molecular formula is C11H23NOS. The monoisotopic (exact) mass is 217 g/mol. The number of aliphatic imine (C=N–C) groups is 1. The van der Waals surface area contributed by atoms with Gasteiger partial charge in [-0.25, -0.2) is 0 Å². The van der Waals surface area contributed by atoms with Crippen molar-refractivity contribution in [2.45, 2.75) is 46.1 Å². The number of aliphatic hydroxyl groups is 1. The van der Waals surface area contributed by atoms with E-state index in [4.69, 9.17) is 5.11 Å². The van der Waals surface area contributed by atoms with Crippen molar-refractivity contribution in [3.63, 3.8) is 0 Å². The summed E-state index contributed by atoms with van der Waals surface area (Å²) >= 11 is 1.95. The number of hydrogen-bond acceptors (Lipinski definition) is 3. The summed E-state index contributed by atoms with van der Waals surface area (Å²) in [6.07, 6.45) is 3.17. The molecule has 0 spiro atoms. The molecule has 2 nitrogen and oxygen atoms in total. The zero-order valence-corrected chi connectivity index (χ0v) is 10.4. The molecule has 1 unspecified atom stereocenters. The van der Waals surface area contributed by atoms with Crippen LogP contribution in [-0.4, -0.2) is 35.0 Å². The van der Waals surface area contributed by atoms with E-state index in [0.717, 1.165) is 30.8 Å². The fourth-order valence-electron chi connectivity index (χ4n) is 1.15. The molecule has 14 heavy (non-hydrogen) atoms. The van der Waals surface area contributed by atoms with Gasteiger partial charge in [0, 0.05) is 18.1 Å². The second kappa shape index (κ2) is 9.53. The van der Waals surface area contributed by atoms with Crippen LogP contribution in [0, 0.1) is 0 Å². The van der Waals surface area contributed by atoms with Crippen LogP contribution in [0.25, 0.3) is 0 Å². The fourth-order valence-corrected chi connectivity index (χ4v) is 2.30. The predicted octanol–water partition coefficient (Wildman–Crippen LogP) is 2.75. The number of unbranched alkanes of at least 4 members (excludes halogenated alkanes) is 1. The zero-order chi connectivity index (χ0) is 10.8. The molecule has 0 fully saturated rings. The van der Waals surface area contributed by atoms with Gasteiger partial charge in [-0.2, -0.15) is 11.8 Å². The molecule has 0 aromatic heterocycles. The Morgan fingerprint density at radius 1 is 1.36 bits per heavy atom. The molecule has 0 rings (SSSR count).